The fourth-order valence-electron chi connectivity index (χ4n) is 1.67. The van der Waals surface area contributed by atoms with E-state index in [-0.39, 0.29) is 12.4 Å². The summed E-state index contributed by atoms with van der Waals surface area (Å²) in [6, 6.07) is 11.0. The van der Waals surface area contributed by atoms with E-state index in [2.05, 4.69) is 41.7 Å². The van der Waals surface area contributed by atoms with Crippen LogP contribution in [0.2, 0.25) is 0 Å². The predicted molar refractivity (Wildman–Crippen MR) is 63.7 cm³/mol. The molecule has 1 heterocycles. The van der Waals surface area contributed by atoms with Gasteiger partial charge < -0.3 is 5.32 Å². The molecule has 1 aromatic carbocycles. The van der Waals surface area contributed by atoms with Gasteiger partial charge in [-0.15, -0.1) is 12.4 Å². The highest BCUT2D eigenvalue weighted by molar-refractivity contribution is 5.85. The second-order valence-electron chi connectivity index (χ2n) is 3.47. The highest BCUT2D eigenvalue weighted by atomic mass is 35.5. The van der Waals surface area contributed by atoms with Crippen LogP contribution in [0.15, 0.2) is 36.4 Å². The van der Waals surface area contributed by atoms with Crippen LogP contribution in [0.1, 0.15) is 18.4 Å². The first-order valence-corrected chi connectivity index (χ1v) is 4.92. The molecule has 0 spiro atoms. The third-order valence-corrected chi connectivity index (χ3v) is 2.42. The average Bonchev–Trinajstić information content (AvgIpc) is 2.69. The van der Waals surface area contributed by atoms with Crippen molar-refractivity contribution in [2.75, 3.05) is 6.54 Å². The lowest BCUT2D eigenvalue weighted by Crippen LogP contribution is -2.17. The molecule has 0 aromatic heterocycles. The van der Waals surface area contributed by atoms with Gasteiger partial charge in [-0.3, -0.25) is 0 Å². The molecule has 1 atom stereocenters. The minimum atomic E-state index is 0. The molecule has 2 rings (SSSR count). The molecule has 1 aliphatic rings. The van der Waals surface area contributed by atoms with E-state index in [0.29, 0.717) is 6.04 Å². The molecule has 0 radical (unpaired) electrons. The fourth-order valence-corrected chi connectivity index (χ4v) is 1.67. The number of halogens is 1. The molecule has 14 heavy (non-hydrogen) atoms. The second-order valence-corrected chi connectivity index (χ2v) is 3.47. The monoisotopic (exact) mass is 209 g/mol. The molecule has 2 heteroatoms. The Hall–Kier alpha value is -0.790. The number of hydrogen-bond acceptors (Lipinski definition) is 1. The van der Waals surface area contributed by atoms with Crippen LogP contribution < -0.4 is 5.32 Å². The smallest absolute Gasteiger partial charge is 0.0253 e. The largest absolute Gasteiger partial charge is 0.311 e. The van der Waals surface area contributed by atoms with E-state index in [1.54, 1.807) is 0 Å². The summed E-state index contributed by atoms with van der Waals surface area (Å²) in [7, 11) is 0. The van der Waals surface area contributed by atoms with E-state index < -0.39 is 0 Å². The van der Waals surface area contributed by atoms with Gasteiger partial charge in [0.1, 0.15) is 0 Å². The summed E-state index contributed by atoms with van der Waals surface area (Å²) in [6.45, 7) is 1.17. The summed E-state index contributed by atoms with van der Waals surface area (Å²) < 4.78 is 0. The standard InChI is InChI=1S/C12H15N.ClH/c1-2-5-11(6-3-1)8-9-12-7-4-10-13-12;/h1-3,5-6,8-9,12-13H,4,7,10H2;1H/b9-8+;. The molecular formula is C12H16ClN. The maximum Gasteiger partial charge on any atom is 0.0253 e. The van der Waals surface area contributed by atoms with Crippen LogP contribution in [0.3, 0.4) is 0 Å². The van der Waals surface area contributed by atoms with Gasteiger partial charge in [-0.05, 0) is 24.9 Å². The third-order valence-electron chi connectivity index (χ3n) is 2.42. The summed E-state index contributed by atoms with van der Waals surface area (Å²) in [5.41, 5.74) is 1.29. The molecule has 0 saturated carbocycles. The molecule has 0 aliphatic carbocycles. The summed E-state index contributed by atoms with van der Waals surface area (Å²) in [5, 5.41) is 3.44. The van der Waals surface area contributed by atoms with Crippen LogP contribution in [-0.2, 0) is 0 Å². The topological polar surface area (TPSA) is 12.0 Å². The molecule has 0 bridgehead atoms. The van der Waals surface area contributed by atoms with Gasteiger partial charge in [0, 0.05) is 6.04 Å². The lowest BCUT2D eigenvalue weighted by Gasteiger charge is -2.01. The van der Waals surface area contributed by atoms with Crippen molar-refractivity contribution in [3.05, 3.63) is 42.0 Å². The van der Waals surface area contributed by atoms with Gasteiger partial charge in [-0.1, -0.05) is 42.5 Å². The van der Waals surface area contributed by atoms with E-state index in [4.69, 9.17) is 0 Å². The first kappa shape index (κ1) is 11.3. The molecular weight excluding hydrogens is 194 g/mol. The Bertz CT molecular complexity index is 276. The molecule has 1 saturated heterocycles. The van der Waals surface area contributed by atoms with E-state index in [9.17, 15) is 0 Å². The van der Waals surface area contributed by atoms with Crippen LogP contribution in [0, 0.1) is 0 Å². The zero-order chi connectivity index (χ0) is 8.93. The van der Waals surface area contributed by atoms with Crippen molar-refractivity contribution in [2.45, 2.75) is 18.9 Å². The van der Waals surface area contributed by atoms with E-state index >= 15 is 0 Å². The maximum atomic E-state index is 3.44. The summed E-state index contributed by atoms with van der Waals surface area (Å²) in [6.07, 6.45) is 7.05. The minimum absolute atomic E-state index is 0. The Labute approximate surface area is 91.6 Å². The van der Waals surface area contributed by atoms with Crippen LogP contribution in [0.4, 0.5) is 0 Å². The lowest BCUT2D eigenvalue weighted by atomic mass is 10.1. The molecule has 1 aliphatic heterocycles. The van der Waals surface area contributed by atoms with E-state index in [1.165, 1.54) is 24.9 Å². The summed E-state index contributed by atoms with van der Waals surface area (Å²) >= 11 is 0. The first-order chi connectivity index (χ1) is 6.45. The zero-order valence-electron chi connectivity index (χ0n) is 8.15. The van der Waals surface area contributed by atoms with Gasteiger partial charge in [0.05, 0.1) is 0 Å². The van der Waals surface area contributed by atoms with Gasteiger partial charge in [-0.25, -0.2) is 0 Å². The number of hydrogen-bond donors (Lipinski definition) is 1. The predicted octanol–water partition coefficient (Wildman–Crippen LogP) is 2.87. The molecule has 1 fully saturated rings. The molecule has 1 unspecified atom stereocenters. The molecule has 76 valence electrons. The minimum Gasteiger partial charge on any atom is -0.311 e. The first-order valence-electron chi connectivity index (χ1n) is 4.92. The van der Waals surface area contributed by atoms with Gasteiger partial charge >= 0.3 is 0 Å². The van der Waals surface area contributed by atoms with Gasteiger partial charge in [-0.2, -0.15) is 0 Å². The summed E-state index contributed by atoms with van der Waals surface area (Å²) in [4.78, 5) is 0. The van der Waals surface area contributed by atoms with Crippen molar-refractivity contribution in [3.63, 3.8) is 0 Å². The maximum absolute atomic E-state index is 3.44. The Kier molecular flexibility index (Phi) is 4.71. The van der Waals surface area contributed by atoms with Crippen molar-refractivity contribution in [3.8, 4) is 0 Å². The average molecular weight is 210 g/mol. The van der Waals surface area contributed by atoms with Gasteiger partial charge in [0.25, 0.3) is 0 Å². The third kappa shape index (κ3) is 3.17. The Morgan fingerprint density at radius 1 is 1.21 bits per heavy atom. The SMILES string of the molecule is C(=C\C1CCCN1)/c1ccccc1.Cl. The number of rotatable bonds is 2. The quantitative estimate of drug-likeness (QED) is 0.790. The number of nitrogens with one attached hydrogen (secondary N) is 1. The lowest BCUT2D eigenvalue weighted by molar-refractivity contribution is 0.730. The van der Waals surface area contributed by atoms with Crippen molar-refractivity contribution < 1.29 is 0 Å². The highest BCUT2D eigenvalue weighted by Gasteiger charge is 2.09. The molecule has 1 aromatic rings. The fraction of sp³-hybridized carbons (Fsp3) is 0.333. The van der Waals surface area contributed by atoms with E-state index in [0.717, 1.165) is 0 Å². The van der Waals surface area contributed by atoms with Crippen LogP contribution in [0.5, 0.6) is 0 Å². The van der Waals surface area contributed by atoms with Crippen molar-refractivity contribution in [1.82, 2.24) is 5.32 Å². The molecule has 1 N–H and O–H groups in total. The van der Waals surface area contributed by atoms with Crippen LogP contribution >= 0.6 is 12.4 Å². The second kappa shape index (κ2) is 5.84. The van der Waals surface area contributed by atoms with Gasteiger partial charge in [0.2, 0.25) is 0 Å². The van der Waals surface area contributed by atoms with Crippen molar-refractivity contribution in [2.24, 2.45) is 0 Å². The van der Waals surface area contributed by atoms with Crippen LogP contribution in [-0.4, -0.2) is 12.6 Å². The molecule has 0 amide bonds. The Balaban J connectivity index is 0.000000980. The van der Waals surface area contributed by atoms with Crippen molar-refractivity contribution >= 4 is 18.5 Å². The molecule has 1 nitrogen and oxygen atoms in total. The summed E-state index contributed by atoms with van der Waals surface area (Å²) in [5.74, 6) is 0. The van der Waals surface area contributed by atoms with E-state index in [1.807, 2.05) is 6.07 Å². The van der Waals surface area contributed by atoms with Gasteiger partial charge in [0.15, 0.2) is 0 Å². The van der Waals surface area contributed by atoms with Crippen LogP contribution in [0.25, 0.3) is 6.08 Å². The number of benzene rings is 1. The normalized spacial score (nSPS) is 21.0. The Morgan fingerprint density at radius 2 is 2.00 bits per heavy atom. The zero-order valence-corrected chi connectivity index (χ0v) is 8.96. The van der Waals surface area contributed by atoms with Crippen molar-refractivity contribution in [1.29, 1.82) is 0 Å². The highest BCUT2D eigenvalue weighted by Crippen LogP contribution is 2.08. The Morgan fingerprint density at radius 3 is 2.64 bits per heavy atom.